The summed E-state index contributed by atoms with van der Waals surface area (Å²) in [5.74, 6) is 1.82. The first-order chi connectivity index (χ1) is 10.9. The van der Waals surface area contributed by atoms with Crippen molar-refractivity contribution in [2.45, 2.75) is 37.1 Å². The molecule has 0 spiro atoms. The molecule has 0 aliphatic carbocycles. The molecule has 0 unspecified atom stereocenters. The van der Waals surface area contributed by atoms with Gasteiger partial charge < -0.3 is 4.52 Å². The number of hydrogen-bond acceptors (Lipinski definition) is 6. The summed E-state index contributed by atoms with van der Waals surface area (Å²) in [7, 11) is 0. The number of benzene rings is 1. The van der Waals surface area contributed by atoms with Crippen molar-refractivity contribution in [3.63, 3.8) is 0 Å². The van der Waals surface area contributed by atoms with Crippen LogP contribution in [-0.4, -0.2) is 24.9 Å². The summed E-state index contributed by atoms with van der Waals surface area (Å²) in [6.45, 7) is 6.10. The second-order valence-corrected chi connectivity index (χ2v) is 7.40. The molecule has 0 N–H and O–H groups in total. The zero-order valence-corrected chi connectivity index (χ0v) is 14.6. The van der Waals surface area contributed by atoms with Gasteiger partial charge in [0.15, 0.2) is 11.0 Å². The van der Waals surface area contributed by atoms with E-state index in [9.17, 15) is 0 Å². The second-order valence-electron chi connectivity index (χ2n) is 6.02. The lowest BCUT2D eigenvalue weighted by molar-refractivity contribution is 0.319. The highest BCUT2D eigenvalue weighted by atomic mass is 35.5. The molecular formula is C15H16ClN5OS. The molecule has 0 bridgehead atoms. The molecular weight excluding hydrogens is 334 g/mol. The number of halogens is 1. The molecule has 0 fully saturated rings. The minimum absolute atomic E-state index is 0.156. The van der Waals surface area contributed by atoms with Crippen LogP contribution in [0.4, 0.5) is 0 Å². The molecule has 120 valence electrons. The normalized spacial score (nSPS) is 11.8. The molecule has 0 aliphatic rings. The Morgan fingerprint density at radius 1 is 1.30 bits per heavy atom. The van der Waals surface area contributed by atoms with E-state index in [1.165, 1.54) is 11.8 Å². The van der Waals surface area contributed by atoms with E-state index in [1.807, 2.05) is 49.6 Å². The van der Waals surface area contributed by atoms with Gasteiger partial charge in [0.1, 0.15) is 6.33 Å². The Morgan fingerprint density at radius 3 is 2.83 bits per heavy atom. The monoisotopic (exact) mass is 349 g/mol. The van der Waals surface area contributed by atoms with E-state index in [4.69, 9.17) is 16.1 Å². The van der Waals surface area contributed by atoms with Crippen molar-refractivity contribution in [3.8, 4) is 5.69 Å². The molecule has 23 heavy (non-hydrogen) atoms. The van der Waals surface area contributed by atoms with Gasteiger partial charge in [-0.2, -0.15) is 4.98 Å². The van der Waals surface area contributed by atoms with Gasteiger partial charge in [0.05, 0.1) is 11.4 Å². The molecule has 0 aliphatic heterocycles. The fourth-order valence-electron chi connectivity index (χ4n) is 1.87. The highest BCUT2D eigenvalue weighted by Gasteiger charge is 2.22. The van der Waals surface area contributed by atoms with Gasteiger partial charge in [-0.1, -0.05) is 55.4 Å². The smallest absolute Gasteiger partial charge is 0.232 e. The first-order valence-electron chi connectivity index (χ1n) is 7.05. The van der Waals surface area contributed by atoms with Gasteiger partial charge >= 0.3 is 0 Å². The Kier molecular flexibility index (Phi) is 4.41. The van der Waals surface area contributed by atoms with Crippen molar-refractivity contribution in [2.75, 3.05) is 0 Å². The number of nitrogens with zero attached hydrogens (tertiary/aromatic N) is 5. The lowest BCUT2D eigenvalue weighted by atomic mass is 9.97. The molecule has 1 aromatic carbocycles. The zero-order valence-electron chi connectivity index (χ0n) is 13.0. The van der Waals surface area contributed by atoms with Gasteiger partial charge in [0.2, 0.25) is 5.89 Å². The minimum atomic E-state index is -0.156. The molecule has 2 aromatic heterocycles. The van der Waals surface area contributed by atoms with Crippen LogP contribution in [0.3, 0.4) is 0 Å². The van der Waals surface area contributed by atoms with Crippen molar-refractivity contribution in [1.82, 2.24) is 24.9 Å². The number of hydrogen-bond donors (Lipinski definition) is 0. The van der Waals surface area contributed by atoms with Crippen LogP contribution in [0.5, 0.6) is 0 Å². The van der Waals surface area contributed by atoms with Crippen molar-refractivity contribution < 1.29 is 4.52 Å². The van der Waals surface area contributed by atoms with Crippen molar-refractivity contribution in [3.05, 3.63) is 47.3 Å². The largest absolute Gasteiger partial charge is 0.339 e. The minimum Gasteiger partial charge on any atom is -0.339 e. The molecule has 0 saturated heterocycles. The summed E-state index contributed by atoms with van der Waals surface area (Å²) in [5, 5.41) is 13.5. The maximum atomic E-state index is 6.04. The predicted octanol–water partition coefficient (Wildman–Crippen LogP) is 3.89. The van der Waals surface area contributed by atoms with E-state index in [-0.39, 0.29) is 5.41 Å². The van der Waals surface area contributed by atoms with Gasteiger partial charge in [-0.25, -0.2) is 0 Å². The van der Waals surface area contributed by atoms with Gasteiger partial charge in [-0.05, 0) is 18.2 Å². The molecule has 0 amide bonds. The molecule has 0 saturated carbocycles. The number of thioether (sulfide) groups is 1. The first kappa shape index (κ1) is 16.0. The van der Waals surface area contributed by atoms with Crippen LogP contribution >= 0.6 is 23.4 Å². The number of rotatable bonds is 4. The Labute approximate surface area is 143 Å². The van der Waals surface area contributed by atoms with Crippen LogP contribution in [-0.2, 0) is 11.2 Å². The Morgan fingerprint density at radius 2 is 2.13 bits per heavy atom. The van der Waals surface area contributed by atoms with Crippen LogP contribution < -0.4 is 0 Å². The van der Waals surface area contributed by atoms with E-state index < -0.39 is 0 Å². The summed E-state index contributed by atoms with van der Waals surface area (Å²) < 4.78 is 7.17. The van der Waals surface area contributed by atoms with Crippen molar-refractivity contribution >= 4 is 23.4 Å². The quantitative estimate of drug-likeness (QED) is 0.665. The Balaban J connectivity index is 1.75. The van der Waals surface area contributed by atoms with E-state index in [0.717, 1.165) is 10.8 Å². The average molecular weight is 350 g/mol. The maximum absolute atomic E-state index is 6.04. The van der Waals surface area contributed by atoms with Crippen LogP contribution in [0.1, 0.15) is 32.5 Å². The predicted molar refractivity (Wildman–Crippen MR) is 88.9 cm³/mol. The van der Waals surface area contributed by atoms with E-state index >= 15 is 0 Å². The molecule has 3 aromatic rings. The lowest BCUT2D eigenvalue weighted by Gasteiger charge is -2.10. The Hall–Kier alpha value is -1.86. The summed E-state index contributed by atoms with van der Waals surface area (Å²) in [6, 6.07) is 7.53. The third-order valence-electron chi connectivity index (χ3n) is 3.04. The van der Waals surface area contributed by atoms with Crippen LogP contribution in [0.15, 0.2) is 40.3 Å². The molecule has 0 radical (unpaired) electrons. The van der Waals surface area contributed by atoms with E-state index in [2.05, 4.69) is 20.3 Å². The van der Waals surface area contributed by atoms with Crippen molar-refractivity contribution in [2.24, 2.45) is 0 Å². The second kappa shape index (κ2) is 6.33. The Bertz CT molecular complexity index is 808. The standard InChI is InChI=1S/C15H16ClN5OS/c1-15(2,3)13-18-12(20-22-13)8-23-14-19-17-9-21(14)11-6-4-5-10(16)7-11/h4-7,9H,8H2,1-3H3. The third kappa shape index (κ3) is 3.73. The molecule has 0 atom stereocenters. The summed E-state index contributed by atoms with van der Waals surface area (Å²) in [4.78, 5) is 4.42. The van der Waals surface area contributed by atoms with Gasteiger partial charge in [-0.3, -0.25) is 4.57 Å². The average Bonchev–Trinajstić information content (AvgIpc) is 3.14. The molecule has 3 rings (SSSR count). The van der Waals surface area contributed by atoms with E-state index in [1.54, 1.807) is 6.33 Å². The maximum Gasteiger partial charge on any atom is 0.232 e. The van der Waals surface area contributed by atoms with Gasteiger partial charge in [0, 0.05) is 10.4 Å². The van der Waals surface area contributed by atoms with E-state index in [0.29, 0.717) is 22.5 Å². The highest BCUT2D eigenvalue weighted by molar-refractivity contribution is 7.98. The fourth-order valence-corrected chi connectivity index (χ4v) is 2.83. The fraction of sp³-hybridized carbons (Fsp3) is 0.333. The van der Waals surface area contributed by atoms with Crippen LogP contribution in [0.25, 0.3) is 5.69 Å². The molecule has 8 heteroatoms. The van der Waals surface area contributed by atoms with Crippen LogP contribution in [0, 0.1) is 0 Å². The molecule has 6 nitrogen and oxygen atoms in total. The SMILES string of the molecule is CC(C)(C)c1nc(CSc2nncn2-c2cccc(Cl)c2)no1. The summed E-state index contributed by atoms with van der Waals surface area (Å²) in [5.41, 5.74) is 0.755. The first-order valence-corrected chi connectivity index (χ1v) is 8.42. The lowest BCUT2D eigenvalue weighted by Crippen LogP contribution is -2.11. The van der Waals surface area contributed by atoms with Gasteiger partial charge in [-0.15, -0.1) is 10.2 Å². The topological polar surface area (TPSA) is 69.6 Å². The summed E-state index contributed by atoms with van der Waals surface area (Å²) in [6.07, 6.45) is 1.66. The molecule has 2 heterocycles. The summed E-state index contributed by atoms with van der Waals surface area (Å²) >= 11 is 7.53. The zero-order chi connectivity index (χ0) is 16.4. The van der Waals surface area contributed by atoms with Crippen LogP contribution in [0.2, 0.25) is 5.02 Å². The van der Waals surface area contributed by atoms with Crippen molar-refractivity contribution in [1.29, 1.82) is 0 Å². The van der Waals surface area contributed by atoms with Gasteiger partial charge in [0.25, 0.3) is 0 Å². The number of aromatic nitrogens is 5. The highest BCUT2D eigenvalue weighted by Crippen LogP contribution is 2.25. The third-order valence-corrected chi connectivity index (χ3v) is 4.22.